The molecule has 1 N–H and O–H groups in total. The number of aryl methyl sites for hydroxylation is 1. The van der Waals surface area contributed by atoms with Crippen molar-refractivity contribution in [3.63, 3.8) is 0 Å². The molecule has 0 aliphatic heterocycles. The van der Waals surface area contributed by atoms with E-state index in [0.717, 1.165) is 6.42 Å². The number of likely N-dealkylation sites (N-methyl/N-ethyl adjacent to an activating group) is 1. The Kier molecular flexibility index (Phi) is 3.73. The van der Waals surface area contributed by atoms with Gasteiger partial charge in [0.05, 0.1) is 6.54 Å². The van der Waals surface area contributed by atoms with E-state index in [0.29, 0.717) is 24.7 Å². The van der Waals surface area contributed by atoms with Crippen molar-refractivity contribution in [1.82, 2.24) is 5.32 Å². The van der Waals surface area contributed by atoms with Crippen molar-refractivity contribution in [3.8, 4) is 0 Å². The SMILES string of the molecule is CNCC(=O)CC1CCCc2ccccc21. The van der Waals surface area contributed by atoms with Crippen molar-refractivity contribution in [1.29, 1.82) is 0 Å². The zero-order valence-electron chi connectivity index (χ0n) is 9.83. The van der Waals surface area contributed by atoms with Crippen LogP contribution < -0.4 is 5.32 Å². The van der Waals surface area contributed by atoms with Gasteiger partial charge in [0.25, 0.3) is 0 Å². The lowest BCUT2D eigenvalue weighted by Crippen LogP contribution is -2.22. The summed E-state index contributed by atoms with van der Waals surface area (Å²) in [5.41, 5.74) is 2.84. The summed E-state index contributed by atoms with van der Waals surface area (Å²) in [6.07, 6.45) is 4.24. The molecule has 0 fully saturated rings. The van der Waals surface area contributed by atoms with Crippen molar-refractivity contribution in [2.24, 2.45) is 0 Å². The first-order valence-corrected chi connectivity index (χ1v) is 6.05. The highest BCUT2D eigenvalue weighted by molar-refractivity contribution is 5.81. The van der Waals surface area contributed by atoms with Crippen LogP contribution in [0.2, 0.25) is 0 Å². The van der Waals surface area contributed by atoms with Crippen LogP contribution in [0.25, 0.3) is 0 Å². The maximum atomic E-state index is 11.7. The fourth-order valence-corrected chi connectivity index (χ4v) is 2.61. The van der Waals surface area contributed by atoms with Crippen molar-refractivity contribution < 1.29 is 4.79 Å². The molecule has 2 rings (SSSR count). The molecule has 0 saturated heterocycles. The number of Topliss-reactive ketones (excluding diaryl/α,β-unsaturated/α-hetero) is 1. The van der Waals surface area contributed by atoms with Crippen LogP contribution in [-0.2, 0) is 11.2 Å². The Labute approximate surface area is 97.1 Å². The molecule has 0 bridgehead atoms. The van der Waals surface area contributed by atoms with E-state index < -0.39 is 0 Å². The van der Waals surface area contributed by atoms with Crippen molar-refractivity contribution in [2.75, 3.05) is 13.6 Å². The van der Waals surface area contributed by atoms with Gasteiger partial charge in [-0.2, -0.15) is 0 Å². The molecular formula is C14H19NO. The maximum Gasteiger partial charge on any atom is 0.147 e. The van der Waals surface area contributed by atoms with E-state index in [2.05, 4.69) is 29.6 Å². The molecule has 2 heteroatoms. The third-order valence-electron chi connectivity index (χ3n) is 3.34. The summed E-state index contributed by atoms with van der Waals surface area (Å²) in [4.78, 5) is 11.7. The lowest BCUT2D eigenvalue weighted by Gasteiger charge is -2.24. The minimum absolute atomic E-state index is 0.323. The maximum absolute atomic E-state index is 11.7. The average molecular weight is 217 g/mol. The molecule has 1 atom stereocenters. The average Bonchev–Trinajstić information content (AvgIpc) is 2.30. The first-order valence-electron chi connectivity index (χ1n) is 6.05. The molecule has 86 valence electrons. The van der Waals surface area contributed by atoms with Gasteiger partial charge in [0.1, 0.15) is 5.78 Å². The van der Waals surface area contributed by atoms with Gasteiger partial charge in [-0.1, -0.05) is 24.3 Å². The Morgan fingerprint density at radius 1 is 1.44 bits per heavy atom. The third kappa shape index (κ3) is 2.50. The van der Waals surface area contributed by atoms with Gasteiger partial charge in [-0.3, -0.25) is 4.79 Å². The Bertz CT molecular complexity index is 373. The molecule has 1 aromatic rings. The summed E-state index contributed by atoms with van der Waals surface area (Å²) < 4.78 is 0. The van der Waals surface area contributed by atoms with E-state index >= 15 is 0 Å². The summed E-state index contributed by atoms with van der Waals surface area (Å²) >= 11 is 0. The summed E-state index contributed by atoms with van der Waals surface area (Å²) in [5, 5.41) is 2.93. The Hall–Kier alpha value is -1.15. The predicted octanol–water partition coefficient (Wildman–Crippen LogP) is 2.29. The number of hydrogen-bond donors (Lipinski definition) is 1. The van der Waals surface area contributed by atoms with Gasteiger partial charge < -0.3 is 5.32 Å². The van der Waals surface area contributed by atoms with E-state index in [9.17, 15) is 4.79 Å². The predicted molar refractivity (Wildman–Crippen MR) is 65.7 cm³/mol. The standard InChI is InChI=1S/C14H19NO/c1-15-10-13(16)9-12-7-4-6-11-5-2-3-8-14(11)12/h2-3,5,8,12,15H,4,6-7,9-10H2,1H3. The molecule has 0 aromatic heterocycles. The van der Waals surface area contributed by atoms with Gasteiger partial charge in [0.15, 0.2) is 0 Å². The van der Waals surface area contributed by atoms with E-state index in [1.165, 1.54) is 24.0 Å². The Morgan fingerprint density at radius 3 is 3.06 bits per heavy atom. The number of nitrogens with one attached hydrogen (secondary N) is 1. The molecule has 16 heavy (non-hydrogen) atoms. The molecule has 0 heterocycles. The molecule has 1 unspecified atom stereocenters. The first-order chi connectivity index (χ1) is 7.81. The lowest BCUT2D eigenvalue weighted by atomic mass is 9.80. The number of ketones is 1. The molecule has 1 aliphatic rings. The van der Waals surface area contributed by atoms with Crippen molar-refractivity contribution >= 4 is 5.78 Å². The van der Waals surface area contributed by atoms with Crippen LogP contribution in [0.1, 0.15) is 36.3 Å². The molecule has 0 amide bonds. The van der Waals surface area contributed by atoms with Crippen LogP contribution in [0.5, 0.6) is 0 Å². The van der Waals surface area contributed by atoms with Crippen molar-refractivity contribution in [3.05, 3.63) is 35.4 Å². The zero-order valence-corrected chi connectivity index (χ0v) is 9.83. The van der Waals surface area contributed by atoms with Crippen LogP contribution >= 0.6 is 0 Å². The van der Waals surface area contributed by atoms with Gasteiger partial charge in [0, 0.05) is 6.42 Å². The number of carbonyl (C=O) groups is 1. The topological polar surface area (TPSA) is 29.1 Å². The molecule has 2 nitrogen and oxygen atoms in total. The highest BCUT2D eigenvalue weighted by atomic mass is 16.1. The van der Waals surface area contributed by atoms with Crippen LogP contribution in [0.15, 0.2) is 24.3 Å². The van der Waals surface area contributed by atoms with E-state index in [1.54, 1.807) is 0 Å². The molecule has 0 radical (unpaired) electrons. The molecule has 1 aromatic carbocycles. The molecule has 0 saturated carbocycles. The smallest absolute Gasteiger partial charge is 0.147 e. The van der Waals surface area contributed by atoms with Crippen molar-refractivity contribution in [2.45, 2.75) is 31.6 Å². The van der Waals surface area contributed by atoms with Gasteiger partial charge >= 0.3 is 0 Å². The summed E-state index contributed by atoms with van der Waals surface area (Å²) in [5.74, 6) is 0.773. The number of rotatable bonds is 4. The number of carbonyl (C=O) groups excluding carboxylic acids is 1. The first kappa shape index (κ1) is 11.3. The fourth-order valence-electron chi connectivity index (χ4n) is 2.61. The van der Waals surface area contributed by atoms with E-state index in [1.807, 2.05) is 7.05 Å². The molecule has 1 aliphatic carbocycles. The minimum atomic E-state index is 0.323. The number of benzene rings is 1. The Morgan fingerprint density at radius 2 is 2.25 bits per heavy atom. The monoisotopic (exact) mass is 217 g/mol. The zero-order chi connectivity index (χ0) is 11.4. The Balaban J connectivity index is 2.10. The van der Waals surface area contributed by atoms with Gasteiger partial charge in [-0.25, -0.2) is 0 Å². The van der Waals surface area contributed by atoms with Crippen LogP contribution in [-0.4, -0.2) is 19.4 Å². The van der Waals surface area contributed by atoms with Gasteiger partial charge in [0.2, 0.25) is 0 Å². The van der Waals surface area contributed by atoms with E-state index in [4.69, 9.17) is 0 Å². The highest BCUT2D eigenvalue weighted by Gasteiger charge is 2.21. The second-order valence-corrected chi connectivity index (χ2v) is 4.56. The number of hydrogen-bond acceptors (Lipinski definition) is 2. The molecular weight excluding hydrogens is 198 g/mol. The summed E-state index contributed by atoms with van der Waals surface area (Å²) in [7, 11) is 1.83. The minimum Gasteiger partial charge on any atom is -0.313 e. The second kappa shape index (κ2) is 5.26. The summed E-state index contributed by atoms with van der Waals surface area (Å²) in [6, 6.07) is 8.56. The fraction of sp³-hybridized carbons (Fsp3) is 0.500. The van der Waals surface area contributed by atoms with E-state index in [-0.39, 0.29) is 0 Å². The van der Waals surface area contributed by atoms with Crippen LogP contribution in [0.3, 0.4) is 0 Å². The highest BCUT2D eigenvalue weighted by Crippen LogP contribution is 2.33. The summed E-state index contributed by atoms with van der Waals surface area (Å²) in [6.45, 7) is 0.499. The van der Waals surface area contributed by atoms with Crippen LogP contribution in [0, 0.1) is 0 Å². The largest absolute Gasteiger partial charge is 0.313 e. The van der Waals surface area contributed by atoms with Gasteiger partial charge in [-0.15, -0.1) is 0 Å². The molecule has 0 spiro atoms. The van der Waals surface area contributed by atoms with Gasteiger partial charge in [-0.05, 0) is 43.4 Å². The second-order valence-electron chi connectivity index (χ2n) is 4.56. The third-order valence-corrected chi connectivity index (χ3v) is 3.34. The quantitative estimate of drug-likeness (QED) is 0.838. The normalized spacial score (nSPS) is 19.2. The van der Waals surface area contributed by atoms with Crippen LogP contribution in [0.4, 0.5) is 0 Å². The number of fused-ring (bicyclic) bond motifs is 1. The lowest BCUT2D eigenvalue weighted by molar-refractivity contribution is -0.118.